The summed E-state index contributed by atoms with van der Waals surface area (Å²) in [6.45, 7) is 0.321. The Morgan fingerprint density at radius 3 is 2.47 bits per heavy atom. The predicted molar refractivity (Wildman–Crippen MR) is 50.6 cm³/mol. The number of hydrogen-bond donors (Lipinski definition) is 4. The van der Waals surface area contributed by atoms with Crippen molar-refractivity contribution in [2.45, 2.75) is 25.2 Å². The van der Waals surface area contributed by atoms with Crippen LogP contribution in [0.25, 0.3) is 0 Å². The van der Waals surface area contributed by atoms with Crippen LogP contribution in [0.1, 0.15) is 13.3 Å². The van der Waals surface area contributed by atoms with Crippen molar-refractivity contribution in [2.75, 3.05) is 6.61 Å². The lowest BCUT2D eigenvalue weighted by molar-refractivity contribution is -0.259. The molecule has 0 bridgehead atoms. The second-order valence-electron chi connectivity index (χ2n) is 3.35. The molecule has 1 aliphatic rings. The van der Waals surface area contributed by atoms with Crippen LogP contribution in [0.4, 0.5) is 0 Å². The Bertz CT molecular complexity index is 373. The van der Waals surface area contributed by atoms with Crippen molar-refractivity contribution in [3.05, 3.63) is 11.5 Å². The number of ether oxygens (including phenoxy) is 2. The Morgan fingerprint density at radius 2 is 2.12 bits per heavy atom. The lowest BCUT2D eigenvalue weighted by Gasteiger charge is -2.29. The molecule has 17 heavy (non-hydrogen) atoms. The number of esters is 2. The molecule has 0 spiro atoms. The van der Waals surface area contributed by atoms with Crippen molar-refractivity contribution in [1.82, 2.24) is 0 Å². The average molecular weight is 248 g/mol. The van der Waals surface area contributed by atoms with Crippen LogP contribution in [-0.2, 0) is 19.1 Å². The lowest BCUT2D eigenvalue weighted by Crippen LogP contribution is -2.50. The highest BCUT2D eigenvalue weighted by atomic mass is 16.7. The summed E-state index contributed by atoms with van der Waals surface area (Å²) < 4.78 is 8.86. The summed E-state index contributed by atoms with van der Waals surface area (Å²) in [5.41, 5.74) is 0. The van der Waals surface area contributed by atoms with Crippen LogP contribution < -0.4 is 0 Å². The summed E-state index contributed by atoms with van der Waals surface area (Å²) in [6, 6.07) is 0. The number of rotatable bonds is 4. The number of hydrogen-bond acceptors (Lipinski definition) is 8. The van der Waals surface area contributed by atoms with Gasteiger partial charge in [0.25, 0.3) is 5.79 Å². The molecule has 1 heterocycles. The molecule has 0 aromatic heterocycles. The minimum absolute atomic E-state index is 0.0978. The van der Waals surface area contributed by atoms with E-state index in [0.29, 0.717) is 0 Å². The Hall–Kier alpha value is -1.80. The van der Waals surface area contributed by atoms with Crippen LogP contribution in [0.3, 0.4) is 0 Å². The monoisotopic (exact) mass is 248 g/mol. The maximum Gasteiger partial charge on any atom is 0.378 e. The van der Waals surface area contributed by atoms with Gasteiger partial charge in [0.15, 0.2) is 5.76 Å². The first-order chi connectivity index (χ1) is 7.85. The van der Waals surface area contributed by atoms with Gasteiger partial charge in [-0.15, -0.1) is 0 Å². The quantitative estimate of drug-likeness (QED) is 0.363. The standard InChI is InChI=1S/C9H12O8/c1-2-4(11)17-9(15,3-10)7-5(12)6(13)8(14)16-7/h7,10,12-13,15H,2-3H2,1H3/t7-,9+/m0/s1. The van der Waals surface area contributed by atoms with Gasteiger partial charge < -0.3 is 29.9 Å². The molecule has 0 aromatic rings. The lowest BCUT2D eigenvalue weighted by atomic mass is 10.1. The maximum atomic E-state index is 11.0. The molecule has 0 saturated heterocycles. The number of carbonyl (C=O) groups is 2. The van der Waals surface area contributed by atoms with Crippen LogP contribution in [0, 0.1) is 0 Å². The zero-order valence-electron chi connectivity index (χ0n) is 8.91. The van der Waals surface area contributed by atoms with E-state index in [9.17, 15) is 19.8 Å². The van der Waals surface area contributed by atoms with Gasteiger partial charge in [0.2, 0.25) is 11.9 Å². The van der Waals surface area contributed by atoms with Crippen molar-refractivity contribution in [2.24, 2.45) is 0 Å². The molecule has 8 nitrogen and oxygen atoms in total. The number of carbonyl (C=O) groups excluding carboxylic acids is 2. The molecule has 0 aliphatic carbocycles. The van der Waals surface area contributed by atoms with Crippen LogP contribution in [0.2, 0.25) is 0 Å². The third-order valence-electron chi connectivity index (χ3n) is 2.12. The van der Waals surface area contributed by atoms with E-state index in [1.54, 1.807) is 0 Å². The van der Waals surface area contributed by atoms with Gasteiger partial charge in [-0.2, -0.15) is 0 Å². The maximum absolute atomic E-state index is 11.0. The van der Waals surface area contributed by atoms with E-state index >= 15 is 0 Å². The molecule has 0 radical (unpaired) electrons. The molecular formula is C9H12O8. The van der Waals surface area contributed by atoms with Gasteiger partial charge in [0, 0.05) is 6.42 Å². The molecule has 0 fully saturated rings. The zero-order chi connectivity index (χ0) is 13.2. The fourth-order valence-electron chi connectivity index (χ4n) is 1.19. The van der Waals surface area contributed by atoms with E-state index in [1.807, 2.05) is 0 Å². The first-order valence-electron chi connectivity index (χ1n) is 4.73. The van der Waals surface area contributed by atoms with Gasteiger partial charge in [0.05, 0.1) is 0 Å². The first kappa shape index (κ1) is 13.3. The molecular weight excluding hydrogens is 236 g/mol. The predicted octanol–water partition coefficient (Wildman–Crippen LogP) is -1.13. The molecule has 0 saturated carbocycles. The largest absolute Gasteiger partial charge is 0.505 e. The molecule has 1 aliphatic heterocycles. The summed E-state index contributed by atoms with van der Waals surface area (Å²) in [5.74, 6) is -6.90. The third-order valence-corrected chi connectivity index (χ3v) is 2.12. The third kappa shape index (κ3) is 2.32. The minimum atomic E-state index is -2.63. The normalized spacial score (nSPS) is 23.2. The Labute approximate surface area is 95.7 Å². The zero-order valence-corrected chi connectivity index (χ0v) is 8.91. The first-order valence-corrected chi connectivity index (χ1v) is 4.73. The van der Waals surface area contributed by atoms with Gasteiger partial charge in [-0.1, -0.05) is 6.92 Å². The fraction of sp³-hybridized carbons (Fsp3) is 0.556. The van der Waals surface area contributed by atoms with Crippen LogP contribution in [-0.4, -0.2) is 50.9 Å². The van der Waals surface area contributed by atoms with Crippen LogP contribution in [0.5, 0.6) is 0 Å². The topological polar surface area (TPSA) is 134 Å². The van der Waals surface area contributed by atoms with E-state index in [1.165, 1.54) is 6.92 Å². The van der Waals surface area contributed by atoms with E-state index in [2.05, 4.69) is 9.47 Å². The number of aliphatic hydroxyl groups is 4. The summed E-state index contributed by atoms with van der Waals surface area (Å²) in [7, 11) is 0. The highest BCUT2D eigenvalue weighted by Gasteiger charge is 2.51. The molecule has 4 N–H and O–H groups in total. The number of aliphatic hydroxyl groups excluding tert-OH is 3. The van der Waals surface area contributed by atoms with Gasteiger partial charge in [-0.25, -0.2) is 4.79 Å². The molecule has 0 aromatic carbocycles. The summed E-state index contributed by atoms with van der Waals surface area (Å²) in [4.78, 5) is 21.9. The molecule has 1 rings (SSSR count). The second-order valence-corrected chi connectivity index (χ2v) is 3.35. The highest BCUT2D eigenvalue weighted by molar-refractivity contribution is 5.89. The van der Waals surface area contributed by atoms with Crippen molar-refractivity contribution >= 4 is 11.9 Å². The molecule has 0 unspecified atom stereocenters. The molecule has 8 heteroatoms. The SMILES string of the molecule is CCC(=O)O[C@](O)(CO)[C@H]1OC(=O)C(O)=C1O. The summed E-state index contributed by atoms with van der Waals surface area (Å²) in [6.07, 6.45) is -1.95. The average Bonchev–Trinajstić information content (AvgIpc) is 2.57. The summed E-state index contributed by atoms with van der Waals surface area (Å²) in [5, 5.41) is 37.0. The van der Waals surface area contributed by atoms with E-state index in [4.69, 9.17) is 10.2 Å². The van der Waals surface area contributed by atoms with Gasteiger partial charge in [-0.05, 0) is 0 Å². The van der Waals surface area contributed by atoms with Crippen LogP contribution in [0.15, 0.2) is 11.5 Å². The molecule has 0 amide bonds. The van der Waals surface area contributed by atoms with E-state index in [-0.39, 0.29) is 6.42 Å². The van der Waals surface area contributed by atoms with Crippen molar-refractivity contribution < 1.29 is 39.5 Å². The fourth-order valence-corrected chi connectivity index (χ4v) is 1.19. The number of cyclic esters (lactones) is 1. The van der Waals surface area contributed by atoms with Gasteiger partial charge in [0.1, 0.15) is 6.61 Å². The van der Waals surface area contributed by atoms with Crippen LogP contribution >= 0.6 is 0 Å². The highest BCUT2D eigenvalue weighted by Crippen LogP contribution is 2.29. The molecule has 96 valence electrons. The Morgan fingerprint density at radius 1 is 1.53 bits per heavy atom. The Kier molecular flexibility index (Phi) is 3.59. The van der Waals surface area contributed by atoms with E-state index in [0.717, 1.165) is 0 Å². The minimum Gasteiger partial charge on any atom is -0.505 e. The second kappa shape index (κ2) is 4.60. The van der Waals surface area contributed by atoms with Gasteiger partial charge >= 0.3 is 11.9 Å². The summed E-state index contributed by atoms with van der Waals surface area (Å²) >= 11 is 0. The Balaban J connectivity index is 2.96. The van der Waals surface area contributed by atoms with Gasteiger partial charge in [-0.3, -0.25) is 4.79 Å². The van der Waals surface area contributed by atoms with Crippen molar-refractivity contribution in [3.8, 4) is 0 Å². The van der Waals surface area contributed by atoms with Crippen molar-refractivity contribution in [3.63, 3.8) is 0 Å². The van der Waals surface area contributed by atoms with E-state index < -0.39 is 42.0 Å². The molecule has 2 atom stereocenters. The smallest absolute Gasteiger partial charge is 0.378 e. The van der Waals surface area contributed by atoms with Crippen molar-refractivity contribution in [1.29, 1.82) is 0 Å².